The Morgan fingerprint density at radius 2 is 2.09 bits per heavy atom. The molecule has 0 saturated carbocycles. The van der Waals surface area contributed by atoms with E-state index in [1.165, 1.54) is 0 Å². The number of nitrogens with zero attached hydrogens (tertiary/aromatic N) is 1. The lowest BCUT2D eigenvalue weighted by atomic mass is 10.0. The van der Waals surface area contributed by atoms with E-state index in [4.69, 9.17) is 5.73 Å². The molecule has 3 rings (SSSR count). The predicted molar refractivity (Wildman–Crippen MR) is 84.9 cm³/mol. The summed E-state index contributed by atoms with van der Waals surface area (Å²) in [5.74, 6) is 0.485. The number of ketones is 1. The van der Waals surface area contributed by atoms with E-state index >= 15 is 0 Å². The number of benzene rings is 1. The molecule has 1 aromatic heterocycles. The molecular weight excluding hydrogens is 282 g/mol. The van der Waals surface area contributed by atoms with Gasteiger partial charge in [0.15, 0.2) is 11.6 Å². The Labute approximate surface area is 127 Å². The molecule has 1 aliphatic rings. The third-order valence-corrected chi connectivity index (χ3v) is 3.62. The molecule has 7 heteroatoms. The number of hydrogen-bond donors (Lipinski definition) is 4. The molecule has 22 heavy (non-hydrogen) atoms. The number of carbonyl (C=O) groups excluding carboxylic acids is 1. The zero-order chi connectivity index (χ0) is 15.5. The highest BCUT2D eigenvalue weighted by molar-refractivity contribution is 5.89. The van der Waals surface area contributed by atoms with E-state index in [2.05, 4.69) is 20.6 Å². The van der Waals surface area contributed by atoms with Crippen LogP contribution in [0.3, 0.4) is 0 Å². The minimum atomic E-state index is -0.442. The average molecular weight is 299 g/mol. The van der Waals surface area contributed by atoms with Gasteiger partial charge in [0.05, 0.1) is 0 Å². The number of rotatable bonds is 4. The van der Waals surface area contributed by atoms with Crippen molar-refractivity contribution in [2.45, 2.75) is 18.9 Å². The van der Waals surface area contributed by atoms with Crippen LogP contribution in [0.25, 0.3) is 0 Å². The largest absolute Gasteiger partial charge is 0.369 e. The van der Waals surface area contributed by atoms with Crippen molar-refractivity contribution in [3.63, 3.8) is 0 Å². The van der Waals surface area contributed by atoms with E-state index in [-0.39, 0.29) is 23.0 Å². The Kier molecular flexibility index (Phi) is 3.78. The molecule has 5 N–H and O–H groups in total. The van der Waals surface area contributed by atoms with Crippen LogP contribution in [0.15, 0.2) is 35.1 Å². The van der Waals surface area contributed by atoms with Gasteiger partial charge in [-0.15, -0.1) is 0 Å². The number of aromatic nitrogens is 2. The minimum Gasteiger partial charge on any atom is -0.369 e. The van der Waals surface area contributed by atoms with Gasteiger partial charge in [-0.25, -0.2) is 0 Å². The zero-order valence-electron chi connectivity index (χ0n) is 11.9. The monoisotopic (exact) mass is 299 g/mol. The molecule has 0 saturated heterocycles. The molecule has 0 radical (unpaired) electrons. The predicted octanol–water partition coefficient (Wildman–Crippen LogP) is 0.760. The summed E-state index contributed by atoms with van der Waals surface area (Å²) in [6.45, 7) is 0.385. The van der Waals surface area contributed by atoms with Crippen molar-refractivity contribution in [2.24, 2.45) is 0 Å². The van der Waals surface area contributed by atoms with Gasteiger partial charge in [-0.1, -0.05) is 30.3 Å². The second kappa shape index (κ2) is 5.88. The van der Waals surface area contributed by atoms with E-state index < -0.39 is 6.04 Å². The Morgan fingerprint density at radius 3 is 2.86 bits per heavy atom. The maximum absolute atomic E-state index is 12.3. The van der Waals surface area contributed by atoms with Gasteiger partial charge >= 0.3 is 0 Å². The van der Waals surface area contributed by atoms with Crippen LogP contribution in [-0.2, 0) is 11.2 Å². The highest BCUT2D eigenvalue weighted by atomic mass is 16.1. The van der Waals surface area contributed by atoms with Gasteiger partial charge in [0.1, 0.15) is 11.7 Å². The van der Waals surface area contributed by atoms with Crippen molar-refractivity contribution < 1.29 is 4.79 Å². The van der Waals surface area contributed by atoms with E-state index in [0.29, 0.717) is 25.2 Å². The first-order valence-electron chi connectivity index (χ1n) is 7.10. The maximum Gasteiger partial charge on any atom is 0.277 e. The summed E-state index contributed by atoms with van der Waals surface area (Å²) in [5.41, 5.74) is 6.49. The fraction of sp³-hybridized carbons (Fsp3) is 0.267. The smallest absolute Gasteiger partial charge is 0.277 e. The number of Topliss-reactive ketones (excluding diaryl/α,β-unsaturated/α-hetero) is 1. The molecule has 0 spiro atoms. The topological polar surface area (TPSA) is 113 Å². The Bertz CT molecular complexity index is 741. The summed E-state index contributed by atoms with van der Waals surface area (Å²) in [5, 5.41) is 5.93. The van der Waals surface area contributed by atoms with Crippen molar-refractivity contribution in [1.82, 2.24) is 9.97 Å². The summed E-state index contributed by atoms with van der Waals surface area (Å²) < 4.78 is 0. The maximum atomic E-state index is 12.3. The van der Waals surface area contributed by atoms with Crippen molar-refractivity contribution >= 4 is 23.2 Å². The molecule has 2 heterocycles. The molecule has 7 nitrogen and oxygen atoms in total. The fourth-order valence-corrected chi connectivity index (χ4v) is 2.46. The van der Waals surface area contributed by atoms with Crippen LogP contribution in [-0.4, -0.2) is 28.3 Å². The molecule has 0 bridgehead atoms. The van der Waals surface area contributed by atoms with Crippen LogP contribution in [0.5, 0.6) is 0 Å². The molecule has 0 amide bonds. The number of H-pyrrole nitrogens is 1. The van der Waals surface area contributed by atoms with Crippen molar-refractivity contribution in [1.29, 1.82) is 0 Å². The van der Waals surface area contributed by atoms with E-state index in [1.54, 1.807) is 0 Å². The lowest BCUT2D eigenvalue weighted by molar-refractivity contribution is -0.119. The Morgan fingerprint density at radius 1 is 1.32 bits per heavy atom. The standard InChI is InChI=1S/C15H17N5O2/c16-15-19-13-12(14(22)20-15)18-10(8-17-13)11(21)7-6-9-4-2-1-3-5-9/h1-5,10,18H,6-8H2,(H4,16,17,19,20,22). The summed E-state index contributed by atoms with van der Waals surface area (Å²) >= 11 is 0. The van der Waals surface area contributed by atoms with Crippen molar-refractivity contribution in [3.05, 3.63) is 46.2 Å². The second-order valence-corrected chi connectivity index (χ2v) is 5.20. The first-order valence-corrected chi connectivity index (χ1v) is 7.10. The first kappa shape index (κ1) is 14.1. The third-order valence-electron chi connectivity index (χ3n) is 3.62. The highest BCUT2D eigenvalue weighted by Gasteiger charge is 2.26. The molecule has 114 valence electrons. The third kappa shape index (κ3) is 2.93. The Hall–Kier alpha value is -2.83. The van der Waals surface area contributed by atoms with Gasteiger partial charge in [0.25, 0.3) is 5.56 Å². The van der Waals surface area contributed by atoms with Crippen LogP contribution in [0.1, 0.15) is 12.0 Å². The molecule has 0 fully saturated rings. The molecular formula is C15H17N5O2. The van der Waals surface area contributed by atoms with Crippen LogP contribution >= 0.6 is 0 Å². The summed E-state index contributed by atoms with van der Waals surface area (Å²) in [4.78, 5) is 30.6. The fourth-order valence-electron chi connectivity index (χ4n) is 2.46. The molecule has 1 atom stereocenters. The lowest BCUT2D eigenvalue weighted by Gasteiger charge is -2.25. The lowest BCUT2D eigenvalue weighted by Crippen LogP contribution is -2.42. The molecule has 1 aromatic carbocycles. The van der Waals surface area contributed by atoms with Crippen molar-refractivity contribution in [3.8, 4) is 0 Å². The highest BCUT2D eigenvalue weighted by Crippen LogP contribution is 2.20. The number of nitrogens with two attached hydrogens (primary N) is 1. The van der Waals surface area contributed by atoms with E-state index in [9.17, 15) is 9.59 Å². The van der Waals surface area contributed by atoms with Gasteiger partial charge in [-0.05, 0) is 12.0 Å². The molecule has 1 aliphatic heterocycles. The summed E-state index contributed by atoms with van der Waals surface area (Å²) in [6.07, 6.45) is 1.10. The summed E-state index contributed by atoms with van der Waals surface area (Å²) in [7, 11) is 0. The quantitative estimate of drug-likeness (QED) is 0.663. The van der Waals surface area contributed by atoms with Crippen LogP contribution in [0, 0.1) is 0 Å². The molecule has 0 aliphatic carbocycles. The number of fused-ring (bicyclic) bond motifs is 1. The number of aromatic amines is 1. The molecule has 1 unspecified atom stereocenters. The number of aryl methyl sites for hydroxylation is 1. The average Bonchev–Trinajstić information content (AvgIpc) is 2.53. The van der Waals surface area contributed by atoms with Gasteiger partial charge < -0.3 is 16.4 Å². The second-order valence-electron chi connectivity index (χ2n) is 5.20. The number of hydrogen-bond acceptors (Lipinski definition) is 6. The van der Waals surface area contributed by atoms with E-state index in [0.717, 1.165) is 5.56 Å². The van der Waals surface area contributed by atoms with Gasteiger partial charge in [0, 0.05) is 13.0 Å². The molecule has 2 aromatic rings. The van der Waals surface area contributed by atoms with Gasteiger partial charge in [0.2, 0.25) is 5.95 Å². The normalized spacial score (nSPS) is 16.3. The number of nitrogen functional groups attached to an aromatic ring is 1. The SMILES string of the molecule is Nc1nc2c(c(=O)[nH]1)NC(C(=O)CCc1ccccc1)CN2. The van der Waals surface area contributed by atoms with Crippen LogP contribution in [0.2, 0.25) is 0 Å². The first-order chi connectivity index (χ1) is 10.6. The van der Waals surface area contributed by atoms with Gasteiger partial charge in [-0.2, -0.15) is 4.98 Å². The van der Waals surface area contributed by atoms with Gasteiger partial charge in [-0.3, -0.25) is 14.6 Å². The number of nitrogens with one attached hydrogen (secondary N) is 3. The minimum absolute atomic E-state index is 0.0481. The zero-order valence-corrected chi connectivity index (χ0v) is 11.9. The van der Waals surface area contributed by atoms with Crippen LogP contribution < -0.4 is 21.9 Å². The summed E-state index contributed by atoms with van der Waals surface area (Å²) in [6, 6.07) is 9.39. The number of anilines is 3. The van der Waals surface area contributed by atoms with Crippen molar-refractivity contribution in [2.75, 3.05) is 22.9 Å². The number of carbonyl (C=O) groups is 1. The van der Waals surface area contributed by atoms with E-state index in [1.807, 2.05) is 30.3 Å². The Balaban J connectivity index is 1.67. The van der Waals surface area contributed by atoms with Crippen LogP contribution in [0.4, 0.5) is 17.5 Å².